The van der Waals surface area contributed by atoms with Crippen molar-refractivity contribution in [3.63, 3.8) is 0 Å². The first-order valence-corrected chi connectivity index (χ1v) is 10.6. The van der Waals surface area contributed by atoms with Gasteiger partial charge in [-0.05, 0) is 17.8 Å². The van der Waals surface area contributed by atoms with Crippen molar-refractivity contribution >= 4 is 9.53 Å². The topological polar surface area (TPSA) is 27.7 Å². The van der Waals surface area contributed by atoms with Crippen molar-refractivity contribution in [2.75, 3.05) is 19.8 Å². The van der Waals surface area contributed by atoms with Gasteiger partial charge in [0.1, 0.15) is 0 Å². The van der Waals surface area contributed by atoms with Crippen molar-refractivity contribution < 1.29 is 13.3 Å². The van der Waals surface area contributed by atoms with Crippen molar-refractivity contribution in [3.8, 4) is 0 Å². The Hall–Kier alpha value is 0.0969. The molecule has 0 unspecified atom stereocenters. The predicted octanol–water partition coefficient (Wildman–Crippen LogP) is 5.33. The van der Waals surface area contributed by atoms with Crippen molar-refractivity contribution in [3.05, 3.63) is 0 Å². The lowest BCUT2D eigenvalue weighted by Crippen LogP contribution is -2.33. The van der Waals surface area contributed by atoms with E-state index >= 15 is 0 Å². The lowest BCUT2D eigenvalue weighted by molar-refractivity contribution is 0.0556. The highest BCUT2D eigenvalue weighted by Crippen LogP contribution is 2.14. The van der Waals surface area contributed by atoms with Gasteiger partial charge in [0, 0.05) is 19.8 Å². The minimum Gasteiger partial charge on any atom is -0.371 e. The van der Waals surface area contributed by atoms with Crippen LogP contribution in [0.2, 0.25) is 0 Å². The highest BCUT2D eigenvalue weighted by atomic mass is 28.3. The second-order valence-corrected chi connectivity index (χ2v) is 7.60. The highest BCUT2D eigenvalue weighted by Gasteiger charge is 2.23. The highest BCUT2D eigenvalue weighted by molar-refractivity contribution is 6.36. The zero-order valence-electron chi connectivity index (χ0n) is 15.8. The molecule has 1 radical (unpaired) electrons. The van der Waals surface area contributed by atoms with Gasteiger partial charge in [0.25, 0.3) is 0 Å². The second-order valence-electron chi connectivity index (χ2n) is 6.23. The van der Waals surface area contributed by atoms with Gasteiger partial charge in [-0.15, -0.1) is 0 Å². The molecule has 0 aromatic rings. The summed E-state index contributed by atoms with van der Waals surface area (Å²) in [5.74, 6) is 1.86. The van der Waals surface area contributed by atoms with E-state index in [1.54, 1.807) is 0 Å². The Morgan fingerprint density at radius 1 is 0.500 bits per heavy atom. The number of hydrogen-bond donors (Lipinski definition) is 0. The van der Waals surface area contributed by atoms with Gasteiger partial charge in [0.15, 0.2) is 0 Å². The average molecular weight is 332 g/mol. The van der Waals surface area contributed by atoms with Crippen LogP contribution in [0.25, 0.3) is 0 Å². The summed E-state index contributed by atoms with van der Waals surface area (Å²) < 4.78 is 18.1. The first kappa shape index (κ1) is 22.1. The Labute approximate surface area is 141 Å². The Kier molecular flexibility index (Phi) is 14.7. The van der Waals surface area contributed by atoms with Gasteiger partial charge < -0.3 is 13.3 Å². The second kappa shape index (κ2) is 14.7. The first-order chi connectivity index (χ1) is 10.6. The SMILES string of the molecule is CCC(CC)CO[Si](OCC(CC)CC)OCC(CC)CC. The van der Waals surface area contributed by atoms with Crippen LogP contribution in [0.4, 0.5) is 0 Å². The summed E-state index contributed by atoms with van der Waals surface area (Å²) in [4.78, 5) is 0. The average Bonchev–Trinajstić information content (AvgIpc) is 2.56. The Balaban J connectivity index is 4.34. The molecule has 0 rings (SSSR count). The van der Waals surface area contributed by atoms with Gasteiger partial charge in [0.2, 0.25) is 0 Å². The third-order valence-corrected chi connectivity index (χ3v) is 5.98. The van der Waals surface area contributed by atoms with Crippen LogP contribution in [0.15, 0.2) is 0 Å². The van der Waals surface area contributed by atoms with Crippen molar-refractivity contribution in [2.45, 2.75) is 80.1 Å². The monoisotopic (exact) mass is 331 g/mol. The molecular weight excluding hydrogens is 292 g/mol. The summed E-state index contributed by atoms with van der Waals surface area (Å²) in [5.41, 5.74) is 0. The third-order valence-electron chi connectivity index (χ3n) is 4.77. The standard InChI is InChI=1S/C18H39O3Si/c1-7-16(8-2)13-19-22(20-14-17(9-3)10-4)21-15-18(11-5)12-6/h16-18H,7-15H2,1-6H3. The summed E-state index contributed by atoms with van der Waals surface area (Å²) in [6.07, 6.45) is 6.94. The van der Waals surface area contributed by atoms with E-state index in [1.807, 2.05) is 0 Å². The maximum atomic E-state index is 6.02. The molecule has 0 N–H and O–H groups in total. The van der Waals surface area contributed by atoms with Crippen molar-refractivity contribution in [1.29, 1.82) is 0 Å². The predicted molar refractivity (Wildman–Crippen MR) is 95.8 cm³/mol. The summed E-state index contributed by atoms with van der Waals surface area (Å²) in [7, 11) is -1.59. The van der Waals surface area contributed by atoms with Crippen LogP contribution in [0.3, 0.4) is 0 Å². The van der Waals surface area contributed by atoms with E-state index in [0.29, 0.717) is 17.8 Å². The van der Waals surface area contributed by atoms with E-state index in [4.69, 9.17) is 13.3 Å². The summed E-state index contributed by atoms with van der Waals surface area (Å²) >= 11 is 0. The fourth-order valence-electron chi connectivity index (χ4n) is 2.26. The molecule has 0 heterocycles. The normalized spacial score (nSPS) is 12.3. The minimum atomic E-state index is -1.59. The van der Waals surface area contributed by atoms with Gasteiger partial charge in [-0.2, -0.15) is 0 Å². The lowest BCUT2D eigenvalue weighted by Gasteiger charge is -2.22. The van der Waals surface area contributed by atoms with Crippen LogP contribution >= 0.6 is 0 Å². The molecule has 0 aliphatic carbocycles. The smallest absolute Gasteiger partial charge is 0.371 e. The molecule has 0 aromatic carbocycles. The Bertz CT molecular complexity index is 188. The zero-order valence-corrected chi connectivity index (χ0v) is 16.8. The Morgan fingerprint density at radius 2 is 0.727 bits per heavy atom. The van der Waals surface area contributed by atoms with E-state index in [0.717, 1.165) is 58.3 Å². The quantitative estimate of drug-likeness (QED) is 0.380. The molecule has 0 saturated carbocycles. The molecule has 0 aliphatic heterocycles. The third kappa shape index (κ3) is 9.98. The van der Waals surface area contributed by atoms with Crippen molar-refractivity contribution in [2.24, 2.45) is 17.8 Å². The molecule has 0 atom stereocenters. The van der Waals surface area contributed by atoms with E-state index in [1.165, 1.54) is 0 Å². The first-order valence-electron chi connectivity index (χ1n) is 9.40. The van der Waals surface area contributed by atoms with Crippen LogP contribution in [-0.2, 0) is 13.3 Å². The van der Waals surface area contributed by atoms with E-state index < -0.39 is 9.53 Å². The molecule has 0 amide bonds. The largest absolute Gasteiger partial charge is 0.577 e. The summed E-state index contributed by atoms with van der Waals surface area (Å²) in [6, 6.07) is 0. The fourth-order valence-corrected chi connectivity index (χ4v) is 3.62. The van der Waals surface area contributed by atoms with Crippen molar-refractivity contribution in [1.82, 2.24) is 0 Å². The molecule has 0 bridgehead atoms. The van der Waals surface area contributed by atoms with E-state index in [9.17, 15) is 0 Å². The van der Waals surface area contributed by atoms with Gasteiger partial charge in [0.05, 0.1) is 0 Å². The zero-order chi connectivity index (χ0) is 16.8. The molecule has 3 nitrogen and oxygen atoms in total. The van der Waals surface area contributed by atoms with Gasteiger partial charge in [-0.25, -0.2) is 0 Å². The molecule has 4 heteroatoms. The summed E-state index contributed by atoms with van der Waals surface area (Å²) in [5, 5.41) is 0. The molecule has 22 heavy (non-hydrogen) atoms. The fraction of sp³-hybridized carbons (Fsp3) is 1.00. The van der Waals surface area contributed by atoms with Crippen LogP contribution < -0.4 is 0 Å². The minimum absolute atomic E-state index is 0.619. The van der Waals surface area contributed by atoms with E-state index in [2.05, 4.69) is 41.5 Å². The maximum absolute atomic E-state index is 6.02. The Morgan fingerprint density at radius 3 is 0.909 bits per heavy atom. The molecule has 0 saturated heterocycles. The molecule has 0 spiro atoms. The molecular formula is C18H39O3Si. The van der Waals surface area contributed by atoms with Gasteiger partial charge in [-0.3, -0.25) is 0 Å². The maximum Gasteiger partial charge on any atom is 0.577 e. The van der Waals surface area contributed by atoms with Crippen LogP contribution in [0.1, 0.15) is 80.1 Å². The molecule has 133 valence electrons. The van der Waals surface area contributed by atoms with Crippen LogP contribution in [-0.4, -0.2) is 29.3 Å². The lowest BCUT2D eigenvalue weighted by atomic mass is 10.1. The van der Waals surface area contributed by atoms with E-state index in [-0.39, 0.29) is 0 Å². The van der Waals surface area contributed by atoms with Crippen LogP contribution in [0, 0.1) is 17.8 Å². The summed E-state index contributed by atoms with van der Waals surface area (Å²) in [6.45, 7) is 15.6. The molecule has 0 aromatic heterocycles. The molecule has 0 aliphatic rings. The number of rotatable bonds is 15. The number of hydrogen-bond acceptors (Lipinski definition) is 3. The van der Waals surface area contributed by atoms with Gasteiger partial charge >= 0.3 is 9.53 Å². The van der Waals surface area contributed by atoms with Crippen LogP contribution in [0.5, 0.6) is 0 Å². The molecule has 0 fully saturated rings. The van der Waals surface area contributed by atoms with Gasteiger partial charge in [-0.1, -0.05) is 80.1 Å².